The maximum absolute atomic E-state index is 11.9. The first kappa shape index (κ1) is 22.8. The maximum atomic E-state index is 11.9. The quantitative estimate of drug-likeness (QED) is 0.497. The van der Waals surface area contributed by atoms with Crippen molar-refractivity contribution in [3.63, 3.8) is 0 Å². The summed E-state index contributed by atoms with van der Waals surface area (Å²) in [6.07, 6.45) is 6.25. The SMILES string of the molecule is CC(C)COC(=O)OCC1CCCC1C1CCCC(OC(=O)OCC(C)C)C1. The van der Waals surface area contributed by atoms with Crippen LogP contribution in [0, 0.1) is 29.6 Å². The third-order valence-corrected chi connectivity index (χ3v) is 5.74. The van der Waals surface area contributed by atoms with E-state index in [1.807, 2.05) is 27.7 Å². The molecule has 0 N–H and O–H groups in total. The number of ether oxygens (including phenoxy) is 4. The number of hydrogen-bond acceptors (Lipinski definition) is 6. The summed E-state index contributed by atoms with van der Waals surface area (Å²) >= 11 is 0. The Balaban J connectivity index is 1.77. The molecular weight excluding hydrogens is 360 g/mol. The molecule has 0 spiro atoms. The van der Waals surface area contributed by atoms with Gasteiger partial charge in [-0.3, -0.25) is 0 Å². The van der Waals surface area contributed by atoms with E-state index >= 15 is 0 Å². The van der Waals surface area contributed by atoms with Crippen LogP contribution in [0.3, 0.4) is 0 Å². The second-order valence-electron chi connectivity index (χ2n) is 9.24. The molecule has 6 heteroatoms. The van der Waals surface area contributed by atoms with Gasteiger partial charge < -0.3 is 18.9 Å². The Morgan fingerprint density at radius 3 is 2.14 bits per heavy atom. The van der Waals surface area contributed by atoms with Gasteiger partial charge >= 0.3 is 12.3 Å². The third kappa shape index (κ3) is 7.88. The molecule has 4 unspecified atom stereocenters. The first-order valence-corrected chi connectivity index (χ1v) is 11.0. The molecule has 2 rings (SSSR count). The van der Waals surface area contributed by atoms with Crippen LogP contribution in [0.5, 0.6) is 0 Å². The Morgan fingerprint density at radius 1 is 0.821 bits per heavy atom. The fraction of sp³-hybridized carbons (Fsp3) is 0.909. The fourth-order valence-corrected chi connectivity index (χ4v) is 4.43. The average molecular weight is 399 g/mol. The number of hydrogen-bond donors (Lipinski definition) is 0. The zero-order valence-electron chi connectivity index (χ0n) is 18.0. The molecular formula is C22H38O6. The van der Waals surface area contributed by atoms with E-state index in [0.29, 0.717) is 49.4 Å². The highest BCUT2D eigenvalue weighted by Gasteiger charge is 2.38. The van der Waals surface area contributed by atoms with Crippen molar-refractivity contribution in [3.8, 4) is 0 Å². The Bertz CT molecular complexity index is 489. The molecule has 0 radical (unpaired) electrons. The zero-order chi connectivity index (χ0) is 20.5. The highest BCUT2D eigenvalue weighted by atomic mass is 16.7. The van der Waals surface area contributed by atoms with E-state index in [9.17, 15) is 9.59 Å². The van der Waals surface area contributed by atoms with Gasteiger partial charge in [-0.05, 0) is 68.1 Å². The smallest absolute Gasteiger partial charge is 0.434 e. The monoisotopic (exact) mass is 398 g/mol. The van der Waals surface area contributed by atoms with Gasteiger partial charge in [0.15, 0.2) is 0 Å². The summed E-state index contributed by atoms with van der Waals surface area (Å²) in [4.78, 5) is 23.6. The standard InChI is InChI=1S/C22H38O6/c1-15(2)12-25-21(23)27-14-18-8-6-10-20(18)17-7-5-9-19(11-17)28-22(24)26-13-16(3)4/h15-20H,5-14H2,1-4H3. The van der Waals surface area contributed by atoms with Crippen molar-refractivity contribution in [2.24, 2.45) is 29.6 Å². The van der Waals surface area contributed by atoms with Crippen molar-refractivity contribution < 1.29 is 28.5 Å². The Hall–Kier alpha value is -1.46. The molecule has 2 aliphatic rings. The van der Waals surface area contributed by atoms with Gasteiger partial charge in [-0.25, -0.2) is 9.59 Å². The fourth-order valence-electron chi connectivity index (χ4n) is 4.43. The van der Waals surface area contributed by atoms with Gasteiger partial charge in [0.1, 0.15) is 6.10 Å². The van der Waals surface area contributed by atoms with Crippen molar-refractivity contribution >= 4 is 12.3 Å². The van der Waals surface area contributed by atoms with Crippen molar-refractivity contribution in [1.82, 2.24) is 0 Å². The van der Waals surface area contributed by atoms with E-state index in [2.05, 4.69) is 0 Å². The summed E-state index contributed by atoms with van der Waals surface area (Å²) in [6, 6.07) is 0. The molecule has 6 nitrogen and oxygen atoms in total. The van der Waals surface area contributed by atoms with Gasteiger partial charge in [0.25, 0.3) is 0 Å². The van der Waals surface area contributed by atoms with Crippen LogP contribution in [0.4, 0.5) is 9.59 Å². The molecule has 0 saturated heterocycles. The molecule has 162 valence electrons. The van der Waals surface area contributed by atoms with Crippen LogP contribution in [-0.4, -0.2) is 38.2 Å². The lowest BCUT2D eigenvalue weighted by molar-refractivity contribution is -0.0136. The van der Waals surface area contributed by atoms with Crippen molar-refractivity contribution in [2.45, 2.75) is 78.7 Å². The maximum Gasteiger partial charge on any atom is 0.508 e. The van der Waals surface area contributed by atoms with Gasteiger partial charge in [-0.1, -0.05) is 34.1 Å². The molecule has 0 heterocycles. The Morgan fingerprint density at radius 2 is 1.46 bits per heavy atom. The minimum Gasteiger partial charge on any atom is -0.434 e. The summed E-state index contributed by atoms with van der Waals surface area (Å²) in [5.74, 6) is 2.02. The lowest BCUT2D eigenvalue weighted by atomic mass is 9.74. The molecule has 0 aromatic heterocycles. The van der Waals surface area contributed by atoms with Gasteiger partial charge in [0.05, 0.1) is 19.8 Å². The second-order valence-corrected chi connectivity index (χ2v) is 9.24. The minimum atomic E-state index is -0.558. The molecule has 2 fully saturated rings. The number of rotatable bonds is 8. The van der Waals surface area contributed by atoms with Gasteiger partial charge in [-0.2, -0.15) is 0 Å². The highest BCUT2D eigenvalue weighted by molar-refractivity contribution is 5.60. The summed E-state index contributed by atoms with van der Waals surface area (Å²) < 4.78 is 21.2. The predicted molar refractivity (Wildman–Crippen MR) is 106 cm³/mol. The van der Waals surface area contributed by atoms with E-state index in [1.54, 1.807) is 0 Å². The van der Waals surface area contributed by atoms with E-state index in [-0.39, 0.29) is 6.10 Å². The lowest BCUT2D eigenvalue weighted by Gasteiger charge is -2.35. The molecule has 0 bridgehead atoms. The number of carbonyl (C=O) groups excluding carboxylic acids is 2. The largest absolute Gasteiger partial charge is 0.508 e. The van der Waals surface area contributed by atoms with Crippen molar-refractivity contribution in [1.29, 1.82) is 0 Å². The van der Waals surface area contributed by atoms with Gasteiger partial charge in [-0.15, -0.1) is 0 Å². The molecule has 4 atom stereocenters. The van der Waals surface area contributed by atoms with Crippen molar-refractivity contribution in [3.05, 3.63) is 0 Å². The van der Waals surface area contributed by atoms with E-state index in [4.69, 9.17) is 18.9 Å². The van der Waals surface area contributed by atoms with Crippen LogP contribution in [0.15, 0.2) is 0 Å². The molecule has 0 aliphatic heterocycles. The first-order valence-electron chi connectivity index (χ1n) is 11.0. The highest BCUT2D eigenvalue weighted by Crippen LogP contribution is 2.43. The van der Waals surface area contributed by atoms with Crippen LogP contribution in [-0.2, 0) is 18.9 Å². The van der Waals surface area contributed by atoms with E-state index in [1.165, 1.54) is 0 Å². The summed E-state index contributed by atoms with van der Waals surface area (Å²) in [5, 5.41) is 0. The normalized spacial score (nSPS) is 27.6. The van der Waals surface area contributed by atoms with Crippen LogP contribution in [0.2, 0.25) is 0 Å². The summed E-state index contributed by atoms with van der Waals surface area (Å²) in [6.45, 7) is 9.22. The Labute approximate surface area is 169 Å². The third-order valence-electron chi connectivity index (χ3n) is 5.74. The van der Waals surface area contributed by atoms with Crippen LogP contribution < -0.4 is 0 Å². The topological polar surface area (TPSA) is 71.1 Å². The van der Waals surface area contributed by atoms with Crippen molar-refractivity contribution in [2.75, 3.05) is 19.8 Å². The van der Waals surface area contributed by atoms with Crippen LogP contribution >= 0.6 is 0 Å². The van der Waals surface area contributed by atoms with E-state index < -0.39 is 12.3 Å². The summed E-state index contributed by atoms with van der Waals surface area (Å²) in [7, 11) is 0. The molecule has 0 amide bonds. The first-order chi connectivity index (χ1) is 13.3. The molecule has 28 heavy (non-hydrogen) atoms. The lowest BCUT2D eigenvalue weighted by Crippen LogP contribution is -2.32. The second kappa shape index (κ2) is 11.5. The number of carbonyl (C=O) groups is 2. The van der Waals surface area contributed by atoms with E-state index in [0.717, 1.165) is 44.9 Å². The molecule has 0 aromatic carbocycles. The van der Waals surface area contributed by atoms with Crippen LogP contribution in [0.25, 0.3) is 0 Å². The van der Waals surface area contributed by atoms with Crippen LogP contribution in [0.1, 0.15) is 72.6 Å². The average Bonchev–Trinajstić information content (AvgIpc) is 3.12. The molecule has 2 aliphatic carbocycles. The minimum absolute atomic E-state index is 0.0587. The predicted octanol–water partition coefficient (Wildman–Crippen LogP) is 5.58. The van der Waals surface area contributed by atoms with Gasteiger partial charge in [0, 0.05) is 0 Å². The summed E-state index contributed by atoms with van der Waals surface area (Å²) in [5.41, 5.74) is 0. The van der Waals surface area contributed by atoms with Gasteiger partial charge in [0.2, 0.25) is 0 Å². The molecule has 2 saturated carbocycles. The zero-order valence-corrected chi connectivity index (χ0v) is 18.0. The Kier molecular flexibility index (Phi) is 9.39. The molecule has 0 aromatic rings.